The van der Waals surface area contributed by atoms with Crippen molar-refractivity contribution in [3.05, 3.63) is 29.8 Å². The smallest absolute Gasteiger partial charge is 0.227 e. The minimum Gasteiger partial charge on any atom is -0.357 e. The van der Waals surface area contributed by atoms with E-state index < -0.39 is 0 Å². The molecule has 0 radical (unpaired) electrons. The number of likely N-dealkylation sites (tertiary alicyclic amines) is 1. The molecule has 0 bridgehead atoms. The van der Waals surface area contributed by atoms with Crippen molar-refractivity contribution in [3.8, 4) is 0 Å². The van der Waals surface area contributed by atoms with Crippen LogP contribution in [-0.2, 0) is 11.3 Å². The maximum atomic E-state index is 12.1. The van der Waals surface area contributed by atoms with Gasteiger partial charge in [0.25, 0.3) is 0 Å². The summed E-state index contributed by atoms with van der Waals surface area (Å²) in [6.45, 7) is 7.91. The van der Waals surface area contributed by atoms with Crippen LogP contribution < -0.4 is 16.0 Å². The molecule has 0 aromatic heterocycles. The van der Waals surface area contributed by atoms with Gasteiger partial charge in [-0.15, -0.1) is 0 Å². The molecule has 28 heavy (non-hydrogen) atoms. The van der Waals surface area contributed by atoms with E-state index in [2.05, 4.69) is 33.8 Å². The third kappa shape index (κ3) is 6.51. The molecule has 6 nitrogen and oxygen atoms in total. The molecular weight excluding hydrogens is 350 g/mol. The molecular formula is C22H35N5O. The normalized spacial score (nSPS) is 18.4. The maximum absolute atomic E-state index is 12.1. The van der Waals surface area contributed by atoms with E-state index in [1.54, 1.807) is 0 Å². The maximum Gasteiger partial charge on any atom is 0.227 e. The van der Waals surface area contributed by atoms with E-state index in [0.717, 1.165) is 49.7 Å². The zero-order valence-electron chi connectivity index (χ0n) is 17.2. The number of amides is 1. The molecule has 0 atom stereocenters. The fraction of sp³-hybridized carbons (Fsp3) is 0.636. The van der Waals surface area contributed by atoms with Crippen molar-refractivity contribution >= 4 is 17.6 Å². The summed E-state index contributed by atoms with van der Waals surface area (Å²) in [7, 11) is 0. The van der Waals surface area contributed by atoms with Crippen molar-refractivity contribution in [2.75, 3.05) is 38.0 Å². The van der Waals surface area contributed by atoms with Crippen LogP contribution in [0.4, 0.5) is 5.69 Å². The van der Waals surface area contributed by atoms with E-state index in [0.29, 0.717) is 6.54 Å². The molecule has 1 saturated heterocycles. The number of aliphatic imine (C=N–C) groups is 1. The van der Waals surface area contributed by atoms with E-state index >= 15 is 0 Å². The second kappa shape index (κ2) is 11.1. The van der Waals surface area contributed by atoms with E-state index in [1.165, 1.54) is 38.8 Å². The fourth-order valence-corrected chi connectivity index (χ4v) is 3.69. The summed E-state index contributed by atoms with van der Waals surface area (Å²) in [4.78, 5) is 19.4. The van der Waals surface area contributed by atoms with Gasteiger partial charge in [-0.3, -0.25) is 4.79 Å². The summed E-state index contributed by atoms with van der Waals surface area (Å²) in [5.74, 6) is 1.20. The standard InChI is InChI=1S/C22H35N5O/c1-2-23-22(24-12-15-27-13-4-3-5-14-27)25-17-18-8-6-11-20(16-18)26-21(28)19-9-7-10-19/h6,8,11,16,19H,2-5,7,9-10,12-15,17H2,1H3,(H,26,28)(H2,23,24,25). The Morgan fingerprint density at radius 1 is 1.14 bits per heavy atom. The van der Waals surface area contributed by atoms with Gasteiger partial charge in [-0.25, -0.2) is 4.99 Å². The first kappa shape index (κ1) is 20.6. The van der Waals surface area contributed by atoms with Crippen LogP contribution in [0.3, 0.4) is 0 Å². The zero-order chi connectivity index (χ0) is 19.6. The number of nitrogens with one attached hydrogen (secondary N) is 3. The highest BCUT2D eigenvalue weighted by atomic mass is 16.1. The van der Waals surface area contributed by atoms with Crippen LogP contribution in [-0.4, -0.2) is 49.5 Å². The number of rotatable bonds is 8. The van der Waals surface area contributed by atoms with Crippen molar-refractivity contribution in [2.45, 2.75) is 52.0 Å². The largest absolute Gasteiger partial charge is 0.357 e. The topological polar surface area (TPSA) is 68.8 Å². The summed E-state index contributed by atoms with van der Waals surface area (Å²) in [6.07, 6.45) is 7.22. The Balaban J connectivity index is 1.48. The molecule has 1 amide bonds. The van der Waals surface area contributed by atoms with Gasteiger partial charge in [0.15, 0.2) is 5.96 Å². The predicted octanol–water partition coefficient (Wildman–Crippen LogP) is 2.97. The Morgan fingerprint density at radius 3 is 2.68 bits per heavy atom. The third-order valence-electron chi connectivity index (χ3n) is 5.60. The second-order valence-electron chi connectivity index (χ2n) is 7.84. The lowest BCUT2D eigenvalue weighted by molar-refractivity contribution is -0.122. The molecule has 2 aliphatic rings. The van der Waals surface area contributed by atoms with Crippen LogP contribution in [0, 0.1) is 5.92 Å². The molecule has 154 valence electrons. The average Bonchev–Trinajstić information content (AvgIpc) is 2.66. The molecule has 1 heterocycles. The lowest BCUT2D eigenvalue weighted by Gasteiger charge is -2.26. The van der Waals surface area contributed by atoms with Gasteiger partial charge >= 0.3 is 0 Å². The minimum atomic E-state index is 0.152. The molecule has 1 aliphatic heterocycles. The van der Waals surface area contributed by atoms with E-state index in [4.69, 9.17) is 4.99 Å². The van der Waals surface area contributed by atoms with E-state index in [1.807, 2.05) is 18.2 Å². The van der Waals surface area contributed by atoms with Crippen molar-refractivity contribution in [1.82, 2.24) is 15.5 Å². The number of carbonyl (C=O) groups excluding carboxylic acids is 1. The first-order chi connectivity index (χ1) is 13.7. The number of carbonyl (C=O) groups is 1. The highest BCUT2D eigenvalue weighted by Crippen LogP contribution is 2.27. The molecule has 3 rings (SSSR count). The van der Waals surface area contributed by atoms with E-state index in [9.17, 15) is 4.79 Å². The summed E-state index contributed by atoms with van der Waals surface area (Å²) < 4.78 is 0. The number of nitrogens with zero attached hydrogens (tertiary/aromatic N) is 2. The van der Waals surface area contributed by atoms with Crippen LogP contribution in [0.5, 0.6) is 0 Å². The Bertz CT molecular complexity index is 650. The molecule has 6 heteroatoms. The van der Waals surface area contributed by atoms with Crippen molar-refractivity contribution < 1.29 is 4.79 Å². The van der Waals surface area contributed by atoms with Gasteiger partial charge in [0.05, 0.1) is 6.54 Å². The van der Waals surface area contributed by atoms with Crippen LogP contribution >= 0.6 is 0 Å². The summed E-state index contributed by atoms with van der Waals surface area (Å²) in [5, 5.41) is 9.80. The second-order valence-corrected chi connectivity index (χ2v) is 7.84. The van der Waals surface area contributed by atoms with Gasteiger partial charge in [-0.05, 0) is 63.4 Å². The van der Waals surface area contributed by atoms with Crippen molar-refractivity contribution in [2.24, 2.45) is 10.9 Å². The van der Waals surface area contributed by atoms with Crippen LogP contribution in [0.2, 0.25) is 0 Å². The Labute approximate surface area is 169 Å². The lowest BCUT2D eigenvalue weighted by Crippen LogP contribution is -2.42. The Morgan fingerprint density at radius 2 is 1.96 bits per heavy atom. The van der Waals surface area contributed by atoms with Crippen molar-refractivity contribution in [3.63, 3.8) is 0 Å². The van der Waals surface area contributed by atoms with Gasteiger partial charge in [-0.2, -0.15) is 0 Å². The van der Waals surface area contributed by atoms with Gasteiger partial charge in [-0.1, -0.05) is 25.0 Å². The number of anilines is 1. The predicted molar refractivity (Wildman–Crippen MR) is 116 cm³/mol. The van der Waals surface area contributed by atoms with Gasteiger partial charge in [0.1, 0.15) is 0 Å². The van der Waals surface area contributed by atoms with Gasteiger partial charge in [0.2, 0.25) is 5.91 Å². The highest BCUT2D eigenvalue weighted by Gasteiger charge is 2.25. The number of hydrogen-bond donors (Lipinski definition) is 3. The number of piperidine rings is 1. The average molecular weight is 386 g/mol. The zero-order valence-corrected chi connectivity index (χ0v) is 17.2. The first-order valence-corrected chi connectivity index (χ1v) is 10.9. The summed E-state index contributed by atoms with van der Waals surface area (Å²) >= 11 is 0. The van der Waals surface area contributed by atoms with Crippen molar-refractivity contribution in [1.29, 1.82) is 0 Å². The SMILES string of the molecule is CCNC(=NCc1cccc(NC(=O)C2CCC2)c1)NCCN1CCCCC1. The summed E-state index contributed by atoms with van der Waals surface area (Å²) in [5.41, 5.74) is 1.97. The molecule has 1 aromatic carbocycles. The summed E-state index contributed by atoms with van der Waals surface area (Å²) in [6, 6.07) is 8.01. The van der Waals surface area contributed by atoms with Crippen LogP contribution in [0.1, 0.15) is 51.0 Å². The Kier molecular flexibility index (Phi) is 8.15. The first-order valence-electron chi connectivity index (χ1n) is 10.9. The molecule has 1 aromatic rings. The number of benzene rings is 1. The lowest BCUT2D eigenvalue weighted by atomic mass is 9.85. The fourth-order valence-electron chi connectivity index (χ4n) is 3.69. The molecule has 3 N–H and O–H groups in total. The molecule has 0 spiro atoms. The number of hydrogen-bond acceptors (Lipinski definition) is 3. The Hall–Kier alpha value is -2.08. The number of guanidine groups is 1. The molecule has 1 aliphatic carbocycles. The van der Waals surface area contributed by atoms with Crippen LogP contribution in [0.25, 0.3) is 0 Å². The van der Waals surface area contributed by atoms with Crippen LogP contribution in [0.15, 0.2) is 29.3 Å². The third-order valence-corrected chi connectivity index (χ3v) is 5.60. The monoisotopic (exact) mass is 385 g/mol. The quantitative estimate of drug-likeness (QED) is 0.475. The molecule has 1 saturated carbocycles. The molecule has 0 unspecified atom stereocenters. The van der Waals surface area contributed by atoms with Gasteiger partial charge < -0.3 is 20.9 Å². The minimum absolute atomic E-state index is 0.152. The van der Waals surface area contributed by atoms with Gasteiger partial charge in [0, 0.05) is 31.2 Å². The van der Waals surface area contributed by atoms with E-state index in [-0.39, 0.29) is 11.8 Å². The molecule has 2 fully saturated rings. The highest BCUT2D eigenvalue weighted by molar-refractivity contribution is 5.93.